The fourth-order valence-corrected chi connectivity index (χ4v) is 3.94. The van der Waals surface area contributed by atoms with E-state index in [1.54, 1.807) is 6.20 Å². The number of amides is 2. The first kappa shape index (κ1) is 16.1. The maximum Gasteiger partial charge on any atom is 0.323 e. The van der Waals surface area contributed by atoms with Crippen molar-refractivity contribution in [2.45, 2.75) is 38.3 Å². The molecule has 1 atom stereocenters. The zero-order chi connectivity index (χ0) is 17.4. The van der Waals surface area contributed by atoms with Crippen LogP contribution in [0.25, 0.3) is 0 Å². The van der Waals surface area contributed by atoms with Crippen LogP contribution in [0.5, 0.6) is 0 Å². The molecule has 132 valence electrons. The first-order valence-electron chi connectivity index (χ1n) is 8.91. The van der Waals surface area contributed by atoms with Crippen LogP contribution in [0, 0.1) is 0 Å². The fraction of sp³-hybridized carbons (Fsp3) is 0.474. The van der Waals surface area contributed by atoms with E-state index in [2.05, 4.69) is 34.7 Å². The van der Waals surface area contributed by atoms with E-state index in [0.29, 0.717) is 19.7 Å². The minimum Gasteiger partial charge on any atom is -0.367 e. The largest absolute Gasteiger partial charge is 0.367 e. The Hall–Kier alpha value is -2.34. The van der Waals surface area contributed by atoms with Gasteiger partial charge in [0.05, 0.1) is 19.3 Å². The van der Waals surface area contributed by atoms with E-state index in [9.17, 15) is 4.79 Å². The molecule has 0 bridgehead atoms. The smallest absolute Gasteiger partial charge is 0.323 e. The number of aromatic nitrogens is 2. The quantitative estimate of drug-likeness (QED) is 0.913. The molecule has 1 spiro atoms. The maximum atomic E-state index is 12.8. The third-order valence-electron chi connectivity index (χ3n) is 5.17. The van der Waals surface area contributed by atoms with Crippen LogP contribution in [-0.2, 0) is 16.8 Å². The van der Waals surface area contributed by atoms with Gasteiger partial charge in [-0.2, -0.15) is 5.10 Å². The molecule has 2 amide bonds. The van der Waals surface area contributed by atoms with Crippen molar-refractivity contribution in [1.29, 1.82) is 0 Å². The van der Waals surface area contributed by atoms with Gasteiger partial charge >= 0.3 is 6.03 Å². The van der Waals surface area contributed by atoms with Crippen molar-refractivity contribution in [3.63, 3.8) is 0 Å². The second-order valence-corrected chi connectivity index (χ2v) is 7.11. The van der Waals surface area contributed by atoms with Gasteiger partial charge in [-0.05, 0) is 37.8 Å². The number of carbonyl (C=O) groups is 1. The Morgan fingerprint density at radius 3 is 3.00 bits per heavy atom. The molecule has 2 aromatic rings. The summed E-state index contributed by atoms with van der Waals surface area (Å²) in [5.74, 6) is 0.729. The van der Waals surface area contributed by atoms with Crippen molar-refractivity contribution in [3.8, 4) is 0 Å². The average Bonchev–Trinajstić information content (AvgIpc) is 3.21. The van der Waals surface area contributed by atoms with Gasteiger partial charge in [-0.1, -0.05) is 24.3 Å². The van der Waals surface area contributed by atoms with Gasteiger partial charge < -0.3 is 9.64 Å². The lowest BCUT2D eigenvalue weighted by molar-refractivity contribution is -0.100. The Kier molecular flexibility index (Phi) is 4.00. The third-order valence-corrected chi connectivity index (χ3v) is 5.17. The topological polar surface area (TPSA) is 59.4 Å². The summed E-state index contributed by atoms with van der Waals surface area (Å²) in [6, 6.07) is 10.4. The number of fused-ring (bicyclic) bond motifs is 2. The summed E-state index contributed by atoms with van der Waals surface area (Å²) < 4.78 is 8.01. The Bertz CT molecular complexity index is 781. The van der Waals surface area contributed by atoms with Gasteiger partial charge in [0.1, 0.15) is 11.4 Å². The fourth-order valence-electron chi connectivity index (χ4n) is 3.94. The van der Waals surface area contributed by atoms with Crippen LogP contribution in [0.2, 0.25) is 0 Å². The van der Waals surface area contributed by atoms with E-state index in [4.69, 9.17) is 4.74 Å². The highest BCUT2D eigenvalue weighted by Gasteiger charge is 2.44. The van der Waals surface area contributed by atoms with Crippen LogP contribution in [0.3, 0.4) is 0 Å². The van der Waals surface area contributed by atoms with Crippen molar-refractivity contribution in [2.24, 2.45) is 0 Å². The minimum absolute atomic E-state index is 0.0885. The molecule has 1 saturated heterocycles. The van der Waals surface area contributed by atoms with Crippen molar-refractivity contribution < 1.29 is 9.53 Å². The molecule has 1 N–H and O–H groups in total. The Labute approximate surface area is 147 Å². The van der Waals surface area contributed by atoms with E-state index < -0.39 is 0 Å². The molecule has 2 heterocycles. The number of ether oxygens (including phenoxy) is 1. The van der Waals surface area contributed by atoms with E-state index in [0.717, 1.165) is 18.7 Å². The van der Waals surface area contributed by atoms with Crippen LogP contribution in [0.4, 0.5) is 10.6 Å². The van der Waals surface area contributed by atoms with Gasteiger partial charge in [0.2, 0.25) is 0 Å². The summed E-state index contributed by atoms with van der Waals surface area (Å²) in [5, 5.41) is 7.28. The standard InChI is InChI=1S/C19H24N4O2/c1-14(2)23-17(8-10-20-23)21-18(24)22-11-12-25-19(13-22)9-7-15-5-3-4-6-16(15)19/h3-6,8,10,14H,7,9,11-13H2,1-2H3,(H,21,24)/t19-/m1/s1. The SMILES string of the molecule is CC(C)n1nccc1NC(=O)N1CCO[C@]2(CCc3ccccc32)C1. The molecule has 25 heavy (non-hydrogen) atoms. The molecule has 6 heteroatoms. The number of hydrogen-bond donors (Lipinski definition) is 1. The number of rotatable bonds is 2. The Balaban J connectivity index is 1.52. The highest BCUT2D eigenvalue weighted by atomic mass is 16.5. The summed E-state index contributed by atoms with van der Waals surface area (Å²) in [7, 11) is 0. The second kappa shape index (κ2) is 6.19. The van der Waals surface area contributed by atoms with Gasteiger partial charge in [0.25, 0.3) is 0 Å². The minimum atomic E-state index is -0.357. The van der Waals surface area contributed by atoms with Crippen LogP contribution in [0.1, 0.15) is 37.4 Å². The molecule has 1 aromatic heterocycles. The van der Waals surface area contributed by atoms with Crippen LogP contribution < -0.4 is 5.32 Å². The van der Waals surface area contributed by atoms with E-state index in [1.807, 2.05) is 29.5 Å². The van der Waals surface area contributed by atoms with Gasteiger partial charge in [0, 0.05) is 18.7 Å². The number of morpholine rings is 1. The van der Waals surface area contributed by atoms with Gasteiger partial charge in [-0.3, -0.25) is 5.32 Å². The van der Waals surface area contributed by atoms with E-state index >= 15 is 0 Å². The molecule has 6 nitrogen and oxygen atoms in total. The normalized spacial score (nSPS) is 22.4. The number of hydrogen-bond acceptors (Lipinski definition) is 3. The number of carbonyl (C=O) groups excluding carboxylic acids is 1. The molecular formula is C19H24N4O2. The third kappa shape index (κ3) is 2.80. The molecule has 1 fully saturated rings. The molecule has 4 rings (SSSR count). The number of urea groups is 1. The first-order chi connectivity index (χ1) is 12.1. The van der Waals surface area contributed by atoms with Gasteiger partial charge in [-0.25, -0.2) is 9.48 Å². The van der Waals surface area contributed by atoms with E-state index in [-0.39, 0.29) is 17.7 Å². The zero-order valence-corrected chi connectivity index (χ0v) is 14.7. The van der Waals surface area contributed by atoms with Gasteiger partial charge in [-0.15, -0.1) is 0 Å². The average molecular weight is 340 g/mol. The summed E-state index contributed by atoms with van der Waals surface area (Å²) >= 11 is 0. The Morgan fingerprint density at radius 1 is 1.32 bits per heavy atom. The summed E-state index contributed by atoms with van der Waals surface area (Å²) in [6.45, 7) is 5.84. The van der Waals surface area contributed by atoms with Crippen LogP contribution >= 0.6 is 0 Å². The number of benzene rings is 1. The number of nitrogens with one attached hydrogen (secondary N) is 1. The van der Waals surface area contributed by atoms with Crippen molar-refractivity contribution in [1.82, 2.24) is 14.7 Å². The maximum absolute atomic E-state index is 12.8. The zero-order valence-electron chi connectivity index (χ0n) is 14.7. The molecule has 2 aliphatic rings. The van der Waals surface area contributed by atoms with Crippen LogP contribution in [-0.4, -0.2) is 40.4 Å². The summed E-state index contributed by atoms with van der Waals surface area (Å²) in [6.07, 6.45) is 3.65. The second-order valence-electron chi connectivity index (χ2n) is 7.11. The molecule has 1 aliphatic heterocycles. The summed E-state index contributed by atoms with van der Waals surface area (Å²) in [4.78, 5) is 14.7. The monoisotopic (exact) mass is 340 g/mol. The highest BCUT2D eigenvalue weighted by Crippen LogP contribution is 2.42. The molecule has 0 saturated carbocycles. The lowest BCUT2D eigenvalue weighted by atomic mass is 9.94. The first-order valence-corrected chi connectivity index (χ1v) is 8.91. The van der Waals surface area contributed by atoms with Crippen LogP contribution in [0.15, 0.2) is 36.5 Å². The number of anilines is 1. The molecule has 1 aliphatic carbocycles. The molecule has 0 radical (unpaired) electrons. The lowest BCUT2D eigenvalue weighted by Gasteiger charge is -2.41. The van der Waals surface area contributed by atoms with E-state index in [1.165, 1.54) is 11.1 Å². The highest BCUT2D eigenvalue weighted by molar-refractivity contribution is 5.88. The number of nitrogens with zero attached hydrogens (tertiary/aromatic N) is 3. The number of aryl methyl sites for hydroxylation is 1. The van der Waals surface area contributed by atoms with Crippen molar-refractivity contribution in [3.05, 3.63) is 47.7 Å². The predicted octanol–water partition coefficient (Wildman–Crippen LogP) is 3.17. The molecule has 0 unspecified atom stereocenters. The van der Waals surface area contributed by atoms with Crippen molar-refractivity contribution >= 4 is 11.8 Å². The summed E-state index contributed by atoms with van der Waals surface area (Å²) in [5.41, 5.74) is 2.21. The Morgan fingerprint density at radius 2 is 2.16 bits per heavy atom. The molecular weight excluding hydrogens is 316 g/mol. The predicted molar refractivity (Wildman–Crippen MR) is 95.6 cm³/mol. The van der Waals surface area contributed by atoms with Gasteiger partial charge in [0.15, 0.2) is 0 Å². The van der Waals surface area contributed by atoms with Crippen molar-refractivity contribution in [2.75, 3.05) is 25.0 Å². The lowest BCUT2D eigenvalue weighted by Crippen LogP contribution is -2.52. The molecule has 1 aromatic carbocycles.